The van der Waals surface area contributed by atoms with Crippen LogP contribution in [0.25, 0.3) is 0 Å². The third-order valence-electron chi connectivity index (χ3n) is 4.38. The average molecular weight is 414 g/mol. The van der Waals surface area contributed by atoms with Crippen molar-refractivity contribution in [2.24, 2.45) is 0 Å². The third-order valence-corrected chi connectivity index (χ3v) is 6.25. The van der Waals surface area contributed by atoms with E-state index in [1.54, 1.807) is 12.1 Å². The van der Waals surface area contributed by atoms with Crippen LogP contribution in [0.2, 0.25) is 0 Å². The van der Waals surface area contributed by atoms with E-state index in [1.165, 1.54) is 34.6 Å². The molecule has 9 heteroatoms. The first-order valence-electron chi connectivity index (χ1n) is 8.90. The monoisotopic (exact) mass is 414 g/mol. The molecular weight excluding hydrogens is 396 g/mol. The Morgan fingerprint density at radius 1 is 1.10 bits per heavy atom. The number of carbonyl (C=O) groups is 1. The fraction of sp³-hybridized carbons (Fsp3) is 0.150. The number of phenols is 1. The van der Waals surface area contributed by atoms with Crippen molar-refractivity contribution >= 4 is 27.3 Å². The Kier molecular flexibility index (Phi) is 4.89. The van der Waals surface area contributed by atoms with E-state index in [1.807, 2.05) is 18.2 Å². The Morgan fingerprint density at radius 2 is 1.90 bits per heavy atom. The van der Waals surface area contributed by atoms with E-state index < -0.39 is 15.9 Å². The summed E-state index contributed by atoms with van der Waals surface area (Å²) in [5, 5.41) is 12.6. The number of ether oxygens (including phenoxy) is 1. The first-order chi connectivity index (χ1) is 13.9. The molecule has 0 saturated carbocycles. The number of hydrogen-bond acceptors (Lipinski definition) is 6. The van der Waals surface area contributed by atoms with Gasteiger partial charge < -0.3 is 19.6 Å². The van der Waals surface area contributed by atoms with Crippen LogP contribution in [0.3, 0.4) is 0 Å². The number of aromatic hydroxyl groups is 1. The molecule has 0 radical (unpaired) electrons. The predicted molar refractivity (Wildman–Crippen MR) is 107 cm³/mol. The molecule has 0 unspecified atom stereocenters. The molecule has 1 amide bonds. The molecule has 1 aromatic heterocycles. The Hall–Kier alpha value is -3.46. The molecule has 1 saturated heterocycles. The molecule has 1 fully saturated rings. The van der Waals surface area contributed by atoms with Crippen molar-refractivity contribution in [2.45, 2.75) is 6.42 Å². The number of amides is 1. The van der Waals surface area contributed by atoms with Crippen LogP contribution in [0.4, 0.5) is 11.4 Å². The summed E-state index contributed by atoms with van der Waals surface area (Å²) in [7, 11) is -3.37. The lowest BCUT2D eigenvalue weighted by Crippen LogP contribution is -2.25. The molecule has 0 spiro atoms. The Bertz CT molecular complexity index is 1140. The van der Waals surface area contributed by atoms with Gasteiger partial charge in [-0.25, -0.2) is 8.42 Å². The molecule has 0 atom stereocenters. The molecule has 2 heterocycles. The quantitative estimate of drug-likeness (QED) is 0.618. The second-order valence-electron chi connectivity index (χ2n) is 6.43. The fourth-order valence-corrected chi connectivity index (χ4v) is 4.55. The van der Waals surface area contributed by atoms with Crippen molar-refractivity contribution in [3.8, 4) is 17.4 Å². The van der Waals surface area contributed by atoms with Gasteiger partial charge in [0, 0.05) is 12.6 Å². The fourth-order valence-electron chi connectivity index (χ4n) is 2.99. The minimum absolute atomic E-state index is 0.0190. The van der Waals surface area contributed by atoms with E-state index in [2.05, 4.69) is 5.32 Å². The van der Waals surface area contributed by atoms with E-state index in [0.29, 0.717) is 24.4 Å². The van der Waals surface area contributed by atoms with Gasteiger partial charge in [0.1, 0.15) is 11.5 Å². The highest BCUT2D eigenvalue weighted by atomic mass is 32.2. The Balaban J connectivity index is 1.51. The van der Waals surface area contributed by atoms with Gasteiger partial charge in [-0.15, -0.1) is 0 Å². The summed E-state index contributed by atoms with van der Waals surface area (Å²) in [4.78, 5) is 12.5. The molecule has 3 aromatic rings. The minimum Gasteiger partial charge on any atom is -0.506 e. The van der Waals surface area contributed by atoms with Crippen molar-refractivity contribution in [1.82, 2.24) is 0 Å². The van der Waals surface area contributed by atoms with Crippen LogP contribution in [-0.2, 0) is 10.0 Å². The highest BCUT2D eigenvalue weighted by molar-refractivity contribution is 7.93. The zero-order valence-electron chi connectivity index (χ0n) is 15.2. The van der Waals surface area contributed by atoms with Crippen molar-refractivity contribution in [3.63, 3.8) is 0 Å². The van der Waals surface area contributed by atoms with Crippen molar-refractivity contribution in [2.75, 3.05) is 21.9 Å². The molecule has 8 nitrogen and oxygen atoms in total. The summed E-state index contributed by atoms with van der Waals surface area (Å²) < 4.78 is 36.4. The van der Waals surface area contributed by atoms with Crippen LogP contribution < -0.4 is 14.4 Å². The number of para-hydroxylation sites is 1. The number of benzene rings is 2. The van der Waals surface area contributed by atoms with E-state index in [4.69, 9.17) is 9.15 Å². The summed E-state index contributed by atoms with van der Waals surface area (Å²) in [6.07, 6.45) is 0.529. The summed E-state index contributed by atoms with van der Waals surface area (Å²) in [5.74, 6) is -0.0368. The predicted octanol–water partition coefficient (Wildman–Crippen LogP) is 3.57. The molecule has 1 aliphatic heterocycles. The summed E-state index contributed by atoms with van der Waals surface area (Å²) >= 11 is 0. The second-order valence-corrected chi connectivity index (χ2v) is 8.44. The SMILES string of the molecule is O=C(Nc1cc(N2CCCS2(=O)=O)ccc1O)c1ccc(Oc2ccccc2)o1. The number of sulfonamides is 1. The van der Waals surface area contributed by atoms with Crippen LogP contribution in [0.1, 0.15) is 17.0 Å². The van der Waals surface area contributed by atoms with Crippen LogP contribution in [0, 0.1) is 0 Å². The standard InChI is InChI=1S/C20H18N2O6S/c23-17-8-7-14(22-11-4-12-29(22,25)26)13-16(17)21-20(24)18-9-10-19(28-18)27-15-5-2-1-3-6-15/h1-3,5-10,13,23H,4,11-12H2,(H,21,24). The number of carbonyl (C=O) groups excluding carboxylic acids is 1. The smallest absolute Gasteiger partial charge is 0.291 e. The number of nitrogens with one attached hydrogen (secondary N) is 1. The van der Waals surface area contributed by atoms with Gasteiger partial charge >= 0.3 is 0 Å². The number of furan rings is 1. The lowest BCUT2D eigenvalue weighted by Gasteiger charge is -2.18. The highest BCUT2D eigenvalue weighted by Crippen LogP contribution is 2.32. The van der Waals surface area contributed by atoms with Crippen LogP contribution in [0.5, 0.6) is 17.4 Å². The van der Waals surface area contributed by atoms with Crippen molar-refractivity contribution in [3.05, 3.63) is 66.4 Å². The van der Waals surface area contributed by atoms with Gasteiger partial charge in [-0.3, -0.25) is 9.10 Å². The highest BCUT2D eigenvalue weighted by Gasteiger charge is 2.29. The minimum atomic E-state index is -3.37. The number of hydrogen-bond donors (Lipinski definition) is 2. The normalized spacial score (nSPS) is 15.2. The second kappa shape index (κ2) is 7.51. The Labute approximate surface area is 167 Å². The van der Waals surface area contributed by atoms with Crippen molar-refractivity contribution in [1.29, 1.82) is 0 Å². The topological polar surface area (TPSA) is 109 Å². The number of nitrogens with zero attached hydrogens (tertiary/aromatic N) is 1. The van der Waals surface area contributed by atoms with Gasteiger partial charge in [0.15, 0.2) is 5.76 Å². The van der Waals surface area contributed by atoms with E-state index in [-0.39, 0.29) is 28.9 Å². The van der Waals surface area contributed by atoms with Gasteiger partial charge in [0.25, 0.3) is 11.9 Å². The van der Waals surface area contributed by atoms with Gasteiger partial charge in [0.05, 0.1) is 17.1 Å². The van der Waals surface area contributed by atoms with E-state index in [9.17, 15) is 18.3 Å². The molecule has 1 aliphatic rings. The molecule has 2 N–H and O–H groups in total. The molecule has 2 aromatic carbocycles. The van der Waals surface area contributed by atoms with Crippen LogP contribution >= 0.6 is 0 Å². The molecule has 0 aliphatic carbocycles. The number of rotatable bonds is 5. The summed E-state index contributed by atoms with van der Waals surface area (Å²) in [6.45, 7) is 0.360. The first kappa shape index (κ1) is 18.9. The zero-order chi connectivity index (χ0) is 20.4. The summed E-state index contributed by atoms with van der Waals surface area (Å²) in [5.41, 5.74) is 0.458. The van der Waals surface area contributed by atoms with E-state index in [0.717, 1.165) is 0 Å². The lowest BCUT2D eigenvalue weighted by atomic mass is 10.2. The van der Waals surface area contributed by atoms with Gasteiger partial charge in [-0.2, -0.15) is 0 Å². The van der Waals surface area contributed by atoms with Gasteiger partial charge in [-0.1, -0.05) is 18.2 Å². The van der Waals surface area contributed by atoms with Crippen molar-refractivity contribution < 1.29 is 27.5 Å². The maximum atomic E-state index is 12.5. The largest absolute Gasteiger partial charge is 0.506 e. The van der Waals surface area contributed by atoms with E-state index >= 15 is 0 Å². The molecule has 29 heavy (non-hydrogen) atoms. The zero-order valence-corrected chi connectivity index (χ0v) is 16.1. The van der Waals surface area contributed by atoms with Crippen LogP contribution in [0.15, 0.2) is 65.1 Å². The first-order valence-corrected chi connectivity index (χ1v) is 10.5. The number of phenolic OH excluding ortho intramolecular Hbond substituents is 1. The molecule has 150 valence electrons. The maximum Gasteiger partial charge on any atom is 0.291 e. The number of anilines is 2. The van der Waals surface area contributed by atoms with Gasteiger partial charge in [0.2, 0.25) is 10.0 Å². The molecule has 4 rings (SSSR count). The van der Waals surface area contributed by atoms with Gasteiger partial charge in [-0.05, 0) is 42.8 Å². The molecular formula is C20H18N2O6S. The lowest BCUT2D eigenvalue weighted by molar-refractivity contribution is 0.0991. The molecule has 0 bridgehead atoms. The Morgan fingerprint density at radius 3 is 2.62 bits per heavy atom. The van der Waals surface area contributed by atoms with Crippen LogP contribution in [-0.4, -0.2) is 31.7 Å². The average Bonchev–Trinajstić information content (AvgIpc) is 3.30. The third kappa shape index (κ3) is 4.04. The maximum absolute atomic E-state index is 12.5. The summed E-state index contributed by atoms with van der Waals surface area (Å²) in [6, 6.07) is 16.2.